The van der Waals surface area contributed by atoms with Crippen LogP contribution < -0.4 is 10.5 Å². The van der Waals surface area contributed by atoms with Gasteiger partial charge in [0.2, 0.25) is 0 Å². The lowest BCUT2D eigenvalue weighted by atomic mass is 10.1. The van der Waals surface area contributed by atoms with Gasteiger partial charge < -0.3 is 10.5 Å². The van der Waals surface area contributed by atoms with Crippen molar-refractivity contribution in [1.29, 1.82) is 0 Å². The Hall–Kier alpha value is -2.10. The van der Waals surface area contributed by atoms with Gasteiger partial charge in [-0.2, -0.15) is 0 Å². The van der Waals surface area contributed by atoms with E-state index >= 15 is 0 Å². The first-order valence-electron chi connectivity index (χ1n) is 7.49. The smallest absolute Gasteiger partial charge is 0.161 e. The number of rotatable bonds is 2. The van der Waals surface area contributed by atoms with Crippen LogP contribution in [0.15, 0.2) is 18.2 Å². The Morgan fingerprint density at radius 1 is 1.10 bits per heavy atom. The fourth-order valence-corrected chi connectivity index (χ4v) is 2.95. The van der Waals surface area contributed by atoms with Crippen LogP contribution in [-0.4, -0.2) is 17.1 Å². The Kier molecular flexibility index (Phi) is 3.78. The zero-order chi connectivity index (χ0) is 14.8. The Labute approximate surface area is 125 Å². The third-order valence-electron chi connectivity index (χ3n) is 4.12. The molecule has 21 heavy (non-hydrogen) atoms. The van der Waals surface area contributed by atoms with Crippen LogP contribution >= 0.6 is 0 Å². The van der Waals surface area contributed by atoms with Crippen LogP contribution in [0.2, 0.25) is 0 Å². The number of nitrogens with two attached hydrogens (primary N) is 1. The topological polar surface area (TPSA) is 61.0 Å². The molecule has 2 N–H and O–H groups in total. The summed E-state index contributed by atoms with van der Waals surface area (Å²) in [6, 6.07) is 6.00. The Balaban J connectivity index is 2.05. The van der Waals surface area contributed by atoms with Gasteiger partial charge in [-0.1, -0.05) is 6.42 Å². The highest BCUT2D eigenvalue weighted by Crippen LogP contribution is 2.28. The lowest BCUT2D eigenvalue weighted by molar-refractivity contribution is 0.412. The molecule has 1 aliphatic carbocycles. The monoisotopic (exact) mass is 283 g/mol. The van der Waals surface area contributed by atoms with Crippen LogP contribution in [0.4, 0.5) is 5.82 Å². The standard InChI is InChI=1S/C17H21N3O/c1-11-10-12(8-9-15(11)21-2)17-19-14-7-5-3-4-6-13(14)16(18)20-17/h8-10H,3-7H2,1-2H3,(H2,18,19,20). The van der Waals surface area contributed by atoms with Crippen molar-refractivity contribution in [1.82, 2.24) is 9.97 Å². The maximum absolute atomic E-state index is 6.17. The minimum absolute atomic E-state index is 0.644. The molecule has 0 saturated heterocycles. The Morgan fingerprint density at radius 2 is 1.90 bits per heavy atom. The van der Waals surface area contributed by atoms with Crippen molar-refractivity contribution >= 4 is 5.82 Å². The average molecular weight is 283 g/mol. The van der Waals surface area contributed by atoms with Crippen molar-refractivity contribution in [3.05, 3.63) is 35.0 Å². The number of aryl methyl sites for hydroxylation is 2. The number of methoxy groups -OCH3 is 1. The van der Waals surface area contributed by atoms with Gasteiger partial charge in [-0.05, 0) is 56.4 Å². The molecular weight excluding hydrogens is 262 g/mol. The van der Waals surface area contributed by atoms with Crippen molar-refractivity contribution < 1.29 is 4.74 Å². The lowest BCUT2D eigenvalue weighted by Crippen LogP contribution is -2.06. The van der Waals surface area contributed by atoms with Gasteiger partial charge in [0.1, 0.15) is 11.6 Å². The van der Waals surface area contributed by atoms with E-state index in [0.717, 1.165) is 46.8 Å². The first-order valence-corrected chi connectivity index (χ1v) is 7.49. The summed E-state index contributed by atoms with van der Waals surface area (Å²) >= 11 is 0. The maximum Gasteiger partial charge on any atom is 0.161 e. The van der Waals surface area contributed by atoms with Crippen LogP contribution in [-0.2, 0) is 12.8 Å². The van der Waals surface area contributed by atoms with E-state index in [2.05, 4.69) is 11.1 Å². The summed E-state index contributed by atoms with van der Waals surface area (Å²) in [7, 11) is 1.68. The molecule has 2 aromatic rings. The second kappa shape index (κ2) is 5.72. The van der Waals surface area contributed by atoms with Crippen molar-refractivity contribution in [3.63, 3.8) is 0 Å². The van der Waals surface area contributed by atoms with Gasteiger partial charge >= 0.3 is 0 Å². The number of anilines is 1. The molecule has 0 spiro atoms. The number of nitrogens with zero attached hydrogens (tertiary/aromatic N) is 2. The minimum atomic E-state index is 0.644. The first-order chi connectivity index (χ1) is 10.2. The summed E-state index contributed by atoms with van der Waals surface area (Å²) in [5, 5.41) is 0. The average Bonchev–Trinajstić information content (AvgIpc) is 2.72. The van der Waals surface area contributed by atoms with Crippen molar-refractivity contribution in [2.45, 2.75) is 39.0 Å². The second-order valence-electron chi connectivity index (χ2n) is 5.60. The molecule has 0 bridgehead atoms. The molecule has 0 aliphatic heterocycles. The quantitative estimate of drug-likeness (QED) is 0.859. The molecule has 1 aromatic carbocycles. The number of benzene rings is 1. The summed E-state index contributed by atoms with van der Waals surface area (Å²) in [5.41, 5.74) is 10.5. The van der Waals surface area contributed by atoms with Crippen LogP contribution in [0.1, 0.15) is 36.1 Å². The number of aromatic nitrogens is 2. The summed E-state index contributed by atoms with van der Waals surface area (Å²) in [6.07, 6.45) is 5.62. The summed E-state index contributed by atoms with van der Waals surface area (Å²) in [6.45, 7) is 2.02. The molecule has 110 valence electrons. The van der Waals surface area contributed by atoms with Gasteiger partial charge in [-0.3, -0.25) is 0 Å². The van der Waals surface area contributed by atoms with E-state index in [1.165, 1.54) is 19.3 Å². The van der Waals surface area contributed by atoms with E-state index < -0.39 is 0 Å². The highest BCUT2D eigenvalue weighted by Gasteiger charge is 2.16. The van der Waals surface area contributed by atoms with Gasteiger partial charge in [-0.15, -0.1) is 0 Å². The zero-order valence-electron chi connectivity index (χ0n) is 12.6. The van der Waals surface area contributed by atoms with E-state index in [0.29, 0.717) is 5.82 Å². The van der Waals surface area contributed by atoms with Crippen molar-refractivity contribution in [2.75, 3.05) is 12.8 Å². The van der Waals surface area contributed by atoms with Gasteiger partial charge in [0.05, 0.1) is 7.11 Å². The molecule has 1 heterocycles. The molecule has 0 unspecified atom stereocenters. The molecule has 4 heteroatoms. The van der Waals surface area contributed by atoms with E-state index in [-0.39, 0.29) is 0 Å². The van der Waals surface area contributed by atoms with Gasteiger partial charge in [-0.25, -0.2) is 9.97 Å². The highest BCUT2D eigenvalue weighted by atomic mass is 16.5. The normalized spacial score (nSPS) is 14.4. The third kappa shape index (κ3) is 2.71. The fraction of sp³-hybridized carbons (Fsp3) is 0.412. The molecule has 0 fully saturated rings. The number of hydrogen-bond acceptors (Lipinski definition) is 4. The van der Waals surface area contributed by atoms with Crippen LogP contribution in [0, 0.1) is 6.92 Å². The molecule has 0 atom stereocenters. The van der Waals surface area contributed by atoms with E-state index in [1.54, 1.807) is 7.11 Å². The molecule has 1 aliphatic rings. The van der Waals surface area contributed by atoms with Crippen LogP contribution in [0.3, 0.4) is 0 Å². The van der Waals surface area contributed by atoms with Gasteiger partial charge in [0, 0.05) is 16.8 Å². The molecular formula is C17H21N3O. The Bertz CT molecular complexity index is 667. The molecule has 1 aromatic heterocycles. The van der Waals surface area contributed by atoms with E-state index in [4.69, 9.17) is 15.5 Å². The molecule has 0 radical (unpaired) electrons. The SMILES string of the molecule is COc1ccc(-c2nc(N)c3c(n2)CCCCC3)cc1C. The molecule has 4 nitrogen and oxygen atoms in total. The minimum Gasteiger partial charge on any atom is -0.496 e. The first kappa shape index (κ1) is 13.9. The van der Waals surface area contributed by atoms with Gasteiger partial charge in [0.25, 0.3) is 0 Å². The Morgan fingerprint density at radius 3 is 2.67 bits per heavy atom. The second-order valence-corrected chi connectivity index (χ2v) is 5.60. The summed E-state index contributed by atoms with van der Waals surface area (Å²) in [5.74, 6) is 2.24. The van der Waals surface area contributed by atoms with Crippen molar-refractivity contribution in [2.24, 2.45) is 0 Å². The highest BCUT2D eigenvalue weighted by molar-refractivity contribution is 5.61. The van der Waals surface area contributed by atoms with Crippen LogP contribution in [0.5, 0.6) is 5.75 Å². The van der Waals surface area contributed by atoms with Crippen LogP contribution in [0.25, 0.3) is 11.4 Å². The molecule has 3 rings (SSSR count). The predicted octanol–water partition coefficient (Wildman–Crippen LogP) is 3.31. The van der Waals surface area contributed by atoms with E-state index in [1.807, 2.05) is 19.1 Å². The summed E-state index contributed by atoms with van der Waals surface area (Å²) in [4.78, 5) is 9.29. The molecule has 0 amide bonds. The maximum atomic E-state index is 6.17. The molecule has 0 saturated carbocycles. The van der Waals surface area contributed by atoms with E-state index in [9.17, 15) is 0 Å². The van der Waals surface area contributed by atoms with Gasteiger partial charge in [0.15, 0.2) is 5.82 Å². The van der Waals surface area contributed by atoms with Crippen molar-refractivity contribution in [3.8, 4) is 17.1 Å². The number of fused-ring (bicyclic) bond motifs is 1. The fourth-order valence-electron chi connectivity index (χ4n) is 2.95. The number of ether oxygens (including phenoxy) is 1. The predicted molar refractivity (Wildman–Crippen MR) is 84.4 cm³/mol. The zero-order valence-corrected chi connectivity index (χ0v) is 12.6. The number of hydrogen-bond donors (Lipinski definition) is 1. The largest absolute Gasteiger partial charge is 0.496 e. The number of nitrogen functional groups attached to an aromatic ring is 1. The third-order valence-corrected chi connectivity index (χ3v) is 4.12. The summed E-state index contributed by atoms with van der Waals surface area (Å²) < 4.78 is 5.30. The lowest BCUT2D eigenvalue weighted by Gasteiger charge is -2.11.